The number of carbonyl (C=O) groups is 1. The SMILES string of the molecule is COc1cc(C)ccc1C(=O)c1c(Br)cnn1C. The normalized spacial score (nSPS) is 10.4. The fourth-order valence-corrected chi connectivity index (χ4v) is 2.31. The molecule has 1 aromatic carbocycles. The first-order valence-electron chi connectivity index (χ1n) is 5.41. The van der Waals surface area contributed by atoms with Gasteiger partial charge in [-0.25, -0.2) is 0 Å². The lowest BCUT2D eigenvalue weighted by atomic mass is 10.0. The number of hydrogen-bond donors (Lipinski definition) is 0. The topological polar surface area (TPSA) is 44.1 Å². The Balaban J connectivity index is 2.53. The molecule has 0 saturated carbocycles. The van der Waals surface area contributed by atoms with E-state index < -0.39 is 0 Å². The summed E-state index contributed by atoms with van der Waals surface area (Å²) >= 11 is 3.33. The average molecular weight is 309 g/mol. The zero-order chi connectivity index (χ0) is 13.3. The minimum Gasteiger partial charge on any atom is -0.496 e. The van der Waals surface area contributed by atoms with Gasteiger partial charge < -0.3 is 4.74 Å². The van der Waals surface area contributed by atoms with Crippen LogP contribution >= 0.6 is 15.9 Å². The summed E-state index contributed by atoms with van der Waals surface area (Å²) in [5.41, 5.74) is 2.09. The van der Waals surface area contributed by atoms with Gasteiger partial charge in [0.15, 0.2) is 0 Å². The number of aromatic nitrogens is 2. The number of aryl methyl sites for hydroxylation is 2. The molecule has 0 aliphatic heterocycles. The Kier molecular flexibility index (Phi) is 3.52. The number of benzene rings is 1. The molecule has 0 N–H and O–H groups in total. The van der Waals surface area contributed by atoms with E-state index in [2.05, 4.69) is 21.0 Å². The van der Waals surface area contributed by atoms with Crippen molar-refractivity contribution in [3.63, 3.8) is 0 Å². The van der Waals surface area contributed by atoms with Gasteiger partial charge in [-0.1, -0.05) is 6.07 Å². The predicted octanol–water partition coefficient (Wildman–Crippen LogP) is 2.73. The molecule has 2 rings (SSSR count). The predicted molar refractivity (Wildman–Crippen MR) is 72.1 cm³/mol. The maximum atomic E-state index is 12.5. The molecule has 5 heteroatoms. The van der Waals surface area contributed by atoms with Crippen molar-refractivity contribution in [2.75, 3.05) is 7.11 Å². The van der Waals surface area contributed by atoms with Gasteiger partial charge in [0, 0.05) is 7.05 Å². The molecule has 1 heterocycles. The zero-order valence-electron chi connectivity index (χ0n) is 10.4. The van der Waals surface area contributed by atoms with E-state index in [0.29, 0.717) is 21.5 Å². The summed E-state index contributed by atoms with van der Waals surface area (Å²) < 4.78 is 7.48. The minimum atomic E-state index is -0.112. The van der Waals surface area contributed by atoms with Gasteiger partial charge in [-0.05, 0) is 40.5 Å². The summed E-state index contributed by atoms with van der Waals surface area (Å²) in [7, 11) is 3.29. The zero-order valence-corrected chi connectivity index (χ0v) is 12.0. The highest BCUT2D eigenvalue weighted by molar-refractivity contribution is 9.10. The highest BCUT2D eigenvalue weighted by Crippen LogP contribution is 2.25. The van der Waals surface area contributed by atoms with Crippen molar-refractivity contribution >= 4 is 21.7 Å². The molecule has 0 saturated heterocycles. The van der Waals surface area contributed by atoms with Crippen LogP contribution < -0.4 is 4.74 Å². The molecule has 0 unspecified atom stereocenters. The second-order valence-electron chi connectivity index (χ2n) is 4.00. The molecular weight excluding hydrogens is 296 g/mol. The largest absolute Gasteiger partial charge is 0.496 e. The Labute approximate surface area is 114 Å². The Morgan fingerprint density at radius 2 is 2.17 bits per heavy atom. The first-order chi connectivity index (χ1) is 8.54. The molecule has 0 fully saturated rings. The van der Waals surface area contributed by atoms with Crippen LogP contribution in [0.4, 0.5) is 0 Å². The Morgan fingerprint density at radius 3 is 2.72 bits per heavy atom. The van der Waals surface area contributed by atoms with Crippen LogP contribution in [0.5, 0.6) is 5.75 Å². The van der Waals surface area contributed by atoms with Crippen LogP contribution in [0.3, 0.4) is 0 Å². The summed E-state index contributed by atoms with van der Waals surface area (Å²) in [4.78, 5) is 12.5. The quantitative estimate of drug-likeness (QED) is 0.819. The summed E-state index contributed by atoms with van der Waals surface area (Å²) in [5.74, 6) is 0.465. The number of carbonyl (C=O) groups excluding carboxylic acids is 1. The smallest absolute Gasteiger partial charge is 0.215 e. The van der Waals surface area contributed by atoms with Crippen LogP contribution in [0.15, 0.2) is 28.9 Å². The molecule has 0 radical (unpaired) electrons. The van der Waals surface area contributed by atoms with E-state index in [4.69, 9.17) is 4.74 Å². The molecule has 0 spiro atoms. The minimum absolute atomic E-state index is 0.112. The third-order valence-electron chi connectivity index (χ3n) is 2.71. The van der Waals surface area contributed by atoms with E-state index in [1.54, 1.807) is 31.1 Å². The van der Waals surface area contributed by atoms with Gasteiger partial charge in [-0.3, -0.25) is 9.48 Å². The van der Waals surface area contributed by atoms with Crippen molar-refractivity contribution in [3.8, 4) is 5.75 Å². The van der Waals surface area contributed by atoms with Crippen LogP contribution in [-0.4, -0.2) is 22.7 Å². The summed E-state index contributed by atoms with van der Waals surface area (Å²) in [6.45, 7) is 1.96. The van der Waals surface area contributed by atoms with Gasteiger partial charge in [-0.2, -0.15) is 5.10 Å². The summed E-state index contributed by atoms with van der Waals surface area (Å²) in [5, 5.41) is 4.04. The monoisotopic (exact) mass is 308 g/mol. The maximum absolute atomic E-state index is 12.5. The van der Waals surface area contributed by atoms with E-state index in [0.717, 1.165) is 5.56 Å². The van der Waals surface area contributed by atoms with E-state index in [-0.39, 0.29) is 5.78 Å². The van der Waals surface area contributed by atoms with Crippen molar-refractivity contribution in [1.29, 1.82) is 0 Å². The van der Waals surface area contributed by atoms with Gasteiger partial charge in [-0.15, -0.1) is 0 Å². The lowest BCUT2D eigenvalue weighted by Gasteiger charge is -2.09. The lowest BCUT2D eigenvalue weighted by molar-refractivity contribution is 0.102. The van der Waals surface area contributed by atoms with Gasteiger partial charge in [0.25, 0.3) is 0 Å². The van der Waals surface area contributed by atoms with E-state index in [1.165, 1.54) is 0 Å². The molecule has 2 aromatic rings. The number of methoxy groups -OCH3 is 1. The maximum Gasteiger partial charge on any atom is 0.215 e. The average Bonchev–Trinajstić information content (AvgIpc) is 2.68. The van der Waals surface area contributed by atoms with Crippen LogP contribution in [-0.2, 0) is 7.05 Å². The van der Waals surface area contributed by atoms with Crippen molar-refractivity contribution in [2.45, 2.75) is 6.92 Å². The molecule has 94 valence electrons. The lowest BCUT2D eigenvalue weighted by Crippen LogP contribution is -2.10. The molecule has 0 amide bonds. The molecular formula is C13H13BrN2O2. The summed E-state index contributed by atoms with van der Waals surface area (Å²) in [6.07, 6.45) is 1.61. The van der Waals surface area contributed by atoms with Crippen LogP contribution in [0.1, 0.15) is 21.6 Å². The van der Waals surface area contributed by atoms with Crippen molar-refractivity contribution in [2.24, 2.45) is 7.05 Å². The van der Waals surface area contributed by atoms with Crippen molar-refractivity contribution < 1.29 is 9.53 Å². The van der Waals surface area contributed by atoms with Gasteiger partial charge in [0.05, 0.1) is 23.3 Å². The van der Waals surface area contributed by atoms with Gasteiger partial charge >= 0.3 is 0 Å². The van der Waals surface area contributed by atoms with E-state index in [1.807, 2.05) is 19.1 Å². The van der Waals surface area contributed by atoms with Crippen molar-refractivity contribution in [1.82, 2.24) is 9.78 Å². The first kappa shape index (κ1) is 12.8. The molecule has 4 nitrogen and oxygen atoms in total. The first-order valence-corrected chi connectivity index (χ1v) is 6.20. The number of halogens is 1. The standard InChI is InChI=1S/C13H13BrN2O2/c1-8-4-5-9(11(6-8)18-3)13(17)12-10(14)7-15-16(12)2/h4-7H,1-3H3. The number of nitrogens with zero attached hydrogens (tertiary/aromatic N) is 2. The second-order valence-corrected chi connectivity index (χ2v) is 4.85. The Bertz CT molecular complexity index is 586. The Morgan fingerprint density at radius 1 is 1.44 bits per heavy atom. The fraction of sp³-hybridized carbons (Fsp3) is 0.231. The van der Waals surface area contributed by atoms with E-state index in [9.17, 15) is 4.79 Å². The van der Waals surface area contributed by atoms with Gasteiger partial charge in [0.1, 0.15) is 11.4 Å². The molecule has 0 aliphatic carbocycles. The third kappa shape index (κ3) is 2.18. The molecule has 0 atom stereocenters. The number of ketones is 1. The van der Waals surface area contributed by atoms with Crippen molar-refractivity contribution in [3.05, 3.63) is 45.7 Å². The molecule has 1 aromatic heterocycles. The fourth-order valence-electron chi connectivity index (χ4n) is 1.78. The van der Waals surface area contributed by atoms with Crippen LogP contribution in [0.2, 0.25) is 0 Å². The Hall–Kier alpha value is -1.62. The molecule has 0 bridgehead atoms. The van der Waals surface area contributed by atoms with E-state index >= 15 is 0 Å². The molecule has 18 heavy (non-hydrogen) atoms. The van der Waals surface area contributed by atoms with Crippen LogP contribution in [0, 0.1) is 6.92 Å². The van der Waals surface area contributed by atoms with Crippen LogP contribution in [0.25, 0.3) is 0 Å². The van der Waals surface area contributed by atoms with Gasteiger partial charge in [0.2, 0.25) is 5.78 Å². The third-order valence-corrected chi connectivity index (χ3v) is 3.29. The number of hydrogen-bond acceptors (Lipinski definition) is 3. The number of ether oxygens (including phenoxy) is 1. The second kappa shape index (κ2) is 4.94. The summed E-state index contributed by atoms with van der Waals surface area (Å²) in [6, 6.07) is 5.51. The molecule has 0 aliphatic rings. The number of rotatable bonds is 3. The highest BCUT2D eigenvalue weighted by atomic mass is 79.9. The highest BCUT2D eigenvalue weighted by Gasteiger charge is 2.20.